The average molecular weight is 207 g/mol. The number of carbonyl (C=O) groups excluding carboxylic acids is 1. The summed E-state index contributed by atoms with van der Waals surface area (Å²) in [5, 5.41) is 2.80. The van der Waals surface area contributed by atoms with Crippen LogP contribution in [0, 0.1) is 5.92 Å². The maximum atomic E-state index is 11.5. The summed E-state index contributed by atoms with van der Waals surface area (Å²) in [4.78, 5) is 15.3. The zero-order valence-corrected chi connectivity index (χ0v) is 8.94. The van der Waals surface area contributed by atoms with Crippen molar-refractivity contribution in [3.63, 3.8) is 0 Å². The molecular weight excluding hydrogens is 190 g/mol. The average Bonchev–Trinajstić information content (AvgIpc) is 2.27. The quantitative estimate of drug-likeness (QED) is 0.766. The molecule has 4 nitrogen and oxygen atoms in total. The van der Waals surface area contributed by atoms with Gasteiger partial charge in [-0.25, -0.2) is 0 Å². The van der Waals surface area contributed by atoms with Gasteiger partial charge in [0.15, 0.2) is 0 Å². The highest BCUT2D eigenvalue weighted by atomic mass is 16.1. The first-order valence-corrected chi connectivity index (χ1v) is 5.12. The van der Waals surface area contributed by atoms with Gasteiger partial charge in [-0.2, -0.15) is 0 Å². The van der Waals surface area contributed by atoms with E-state index in [9.17, 15) is 4.79 Å². The molecule has 1 heterocycles. The van der Waals surface area contributed by atoms with Gasteiger partial charge in [-0.3, -0.25) is 9.78 Å². The minimum atomic E-state index is 0.0292. The van der Waals surface area contributed by atoms with E-state index in [0.29, 0.717) is 18.9 Å². The minimum Gasteiger partial charge on any atom is -0.330 e. The number of carbonyl (C=O) groups is 1. The van der Waals surface area contributed by atoms with Crippen molar-refractivity contribution in [2.45, 2.75) is 19.8 Å². The Morgan fingerprint density at radius 3 is 2.80 bits per heavy atom. The van der Waals surface area contributed by atoms with Gasteiger partial charge in [-0.1, -0.05) is 6.92 Å². The fourth-order valence-corrected chi connectivity index (χ4v) is 1.15. The number of amides is 1. The highest BCUT2D eigenvalue weighted by Gasteiger charge is 2.05. The maximum absolute atomic E-state index is 11.5. The number of hydrogen-bond acceptors (Lipinski definition) is 3. The second kappa shape index (κ2) is 6.14. The number of hydrogen-bond donors (Lipinski definition) is 2. The van der Waals surface area contributed by atoms with Crippen LogP contribution >= 0.6 is 0 Å². The predicted molar refractivity (Wildman–Crippen MR) is 60.3 cm³/mol. The third kappa shape index (κ3) is 4.56. The molecule has 0 aromatic carbocycles. The van der Waals surface area contributed by atoms with Gasteiger partial charge in [-0.05, 0) is 31.0 Å². The molecule has 0 aliphatic rings. The summed E-state index contributed by atoms with van der Waals surface area (Å²) >= 11 is 0. The van der Waals surface area contributed by atoms with E-state index in [1.165, 1.54) is 0 Å². The molecule has 3 N–H and O–H groups in total. The summed E-state index contributed by atoms with van der Waals surface area (Å²) in [5.41, 5.74) is 6.26. The van der Waals surface area contributed by atoms with Crippen LogP contribution in [0.1, 0.15) is 19.8 Å². The Morgan fingerprint density at radius 2 is 2.20 bits per heavy atom. The van der Waals surface area contributed by atoms with Crippen molar-refractivity contribution >= 4 is 11.6 Å². The molecule has 1 amide bonds. The summed E-state index contributed by atoms with van der Waals surface area (Å²) < 4.78 is 0. The Bertz CT molecular complexity index is 300. The number of aromatic nitrogens is 1. The van der Waals surface area contributed by atoms with E-state index >= 15 is 0 Å². The number of nitrogens with two attached hydrogens (primary N) is 1. The molecule has 0 fully saturated rings. The highest BCUT2D eigenvalue weighted by Crippen LogP contribution is 2.07. The molecule has 1 atom stereocenters. The van der Waals surface area contributed by atoms with Gasteiger partial charge in [0.1, 0.15) is 0 Å². The Labute approximate surface area is 89.9 Å². The van der Waals surface area contributed by atoms with Crippen molar-refractivity contribution in [1.29, 1.82) is 0 Å². The Morgan fingerprint density at radius 1 is 1.53 bits per heavy atom. The zero-order chi connectivity index (χ0) is 11.1. The van der Waals surface area contributed by atoms with Crippen LogP contribution in [0.2, 0.25) is 0 Å². The number of pyridine rings is 1. The van der Waals surface area contributed by atoms with Crippen molar-refractivity contribution in [3.8, 4) is 0 Å². The topological polar surface area (TPSA) is 68.0 Å². The fraction of sp³-hybridized carbons (Fsp3) is 0.455. The molecule has 0 aliphatic heterocycles. The molecule has 1 aromatic rings. The molecule has 0 spiro atoms. The first-order valence-electron chi connectivity index (χ1n) is 5.12. The Hall–Kier alpha value is -1.42. The van der Waals surface area contributed by atoms with Crippen LogP contribution in [0.25, 0.3) is 0 Å². The summed E-state index contributed by atoms with van der Waals surface area (Å²) in [5.74, 6) is 0.426. The first kappa shape index (κ1) is 11.7. The normalized spacial score (nSPS) is 12.1. The molecule has 0 radical (unpaired) electrons. The second-order valence-corrected chi connectivity index (χ2v) is 3.66. The van der Waals surface area contributed by atoms with Crippen molar-refractivity contribution in [2.75, 3.05) is 11.9 Å². The van der Waals surface area contributed by atoms with Crippen molar-refractivity contribution in [1.82, 2.24) is 4.98 Å². The van der Waals surface area contributed by atoms with Gasteiger partial charge in [0.2, 0.25) is 5.91 Å². The summed E-state index contributed by atoms with van der Waals surface area (Å²) in [6, 6.07) is 3.54. The van der Waals surface area contributed by atoms with Gasteiger partial charge in [-0.15, -0.1) is 0 Å². The van der Waals surface area contributed by atoms with Crippen molar-refractivity contribution in [3.05, 3.63) is 24.5 Å². The van der Waals surface area contributed by atoms with Crippen LogP contribution in [-0.2, 0) is 4.79 Å². The number of rotatable bonds is 5. The molecule has 0 aliphatic carbocycles. The van der Waals surface area contributed by atoms with Gasteiger partial charge in [0.05, 0.1) is 0 Å². The summed E-state index contributed by atoms with van der Waals surface area (Å²) in [6.45, 7) is 2.67. The van der Waals surface area contributed by atoms with E-state index < -0.39 is 0 Å². The van der Waals surface area contributed by atoms with E-state index in [4.69, 9.17) is 5.73 Å². The van der Waals surface area contributed by atoms with Gasteiger partial charge >= 0.3 is 0 Å². The molecule has 15 heavy (non-hydrogen) atoms. The van der Waals surface area contributed by atoms with Gasteiger partial charge in [0.25, 0.3) is 0 Å². The molecule has 1 aromatic heterocycles. The third-order valence-electron chi connectivity index (χ3n) is 2.23. The predicted octanol–water partition coefficient (Wildman–Crippen LogP) is 1.40. The molecule has 0 saturated heterocycles. The lowest BCUT2D eigenvalue weighted by Gasteiger charge is -2.08. The zero-order valence-electron chi connectivity index (χ0n) is 8.94. The lowest BCUT2D eigenvalue weighted by molar-refractivity contribution is -0.116. The van der Waals surface area contributed by atoms with E-state index in [0.717, 1.165) is 12.1 Å². The van der Waals surface area contributed by atoms with Crippen LogP contribution < -0.4 is 11.1 Å². The van der Waals surface area contributed by atoms with E-state index in [1.54, 1.807) is 24.5 Å². The monoisotopic (exact) mass is 207 g/mol. The van der Waals surface area contributed by atoms with Gasteiger partial charge < -0.3 is 11.1 Å². The van der Waals surface area contributed by atoms with Crippen molar-refractivity contribution < 1.29 is 4.79 Å². The van der Waals surface area contributed by atoms with Crippen LogP contribution in [0.15, 0.2) is 24.5 Å². The minimum absolute atomic E-state index is 0.0292. The molecule has 1 unspecified atom stereocenters. The number of anilines is 1. The fourth-order valence-electron chi connectivity index (χ4n) is 1.15. The van der Waals surface area contributed by atoms with Gasteiger partial charge in [0, 0.05) is 24.5 Å². The van der Waals surface area contributed by atoms with E-state index in [1.807, 2.05) is 6.92 Å². The molecule has 82 valence electrons. The molecule has 0 bridgehead atoms. The van der Waals surface area contributed by atoms with E-state index in [-0.39, 0.29) is 5.91 Å². The Kier molecular flexibility index (Phi) is 4.77. The second-order valence-electron chi connectivity index (χ2n) is 3.66. The first-order chi connectivity index (χ1) is 7.22. The molecule has 1 rings (SSSR count). The van der Waals surface area contributed by atoms with Crippen LogP contribution in [0.4, 0.5) is 5.69 Å². The van der Waals surface area contributed by atoms with Crippen molar-refractivity contribution in [2.24, 2.45) is 11.7 Å². The molecule has 4 heteroatoms. The summed E-state index contributed by atoms with van der Waals surface area (Å²) in [6.07, 6.45) is 4.64. The Balaban J connectivity index is 2.31. The van der Waals surface area contributed by atoms with Crippen LogP contribution in [0.5, 0.6) is 0 Å². The molecule has 0 saturated carbocycles. The smallest absolute Gasteiger partial charge is 0.224 e. The molecular formula is C11H17N3O. The standard InChI is InChI=1S/C11H17N3O/c1-9(8-12)2-3-11(15)14-10-4-6-13-7-5-10/h4-7,9H,2-3,8,12H2,1H3,(H,13,14,15). The lowest BCUT2D eigenvalue weighted by atomic mass is 10.1. The number of nitrogens with zero attached hydrogens (tertiary/aromatic N) is 1. The van der Waals surface area contributed by atoms with Crippen LogP contribution in [-0.4, -0.2) is 17.4 Å². The largest absolute Gasteiger partial charge is 0.330 e. The number of nitrogens with one attached hydrogen (secondary N) is 1. The van der Waals surface area contributed by atoms with E-state index in [2.05, 4.69) is 10.3 Å². The SMILES string of the molecule is CC(CN)CCC(=O)Nc1ccncc1. The third-order valence-corrected chi connectivity index (χ3v) is 2.23. The lowest BCUT2D eigenvalue weighted by Crippen LogP contribution is -2.16. The highest BCUT2D eigenvalue weighted by molar-refractivity contribution is 5.90. The summed E-state index contributed by atoms with van der Waals surface area (Å²) in [7, 11) is 0. The maximum Gasteiger partial charge on any atom is 0.224 e. The van der Waals surface area contributed by atoms with Crippen LogP contribution in [0.3, 0.4) is 0 Å².